The van der Waals surface area contributed by atoms with E-state index in [9.17, 15) is 17.8 Å². The highest BCUT2D eigenvalue weighted by Gasteiger charge is 2.24. The van der Waals surface area contributed by atoms with E-state index in [1.165, 1.54) is 17.0 Å². The Labute approximate surface area is 114 Å². The van der Waals surface area contributed by atoms with Gasteiger partial charge in [0.25, 0.3) is 16.0 Å². The van der Waals surface area contributed by atoms with Crippen molar-refractivity contribution in [2.75, 3.05) is 13.6 Å². The number of amides is 1. The van der Waals surface area contributed by atoms with Gasteiger partial charge in [0.15, 0.2) is 0 Å². The summed E-state index contributed by atoms with van der Waals surface area (Å²) in [5.41, 5.74) is 0.576. The molecule has 0 aliphatic rings. The number of carbonyl (C=O) groups is 1. The molecule has 0 aliphatic carbocycles. The van der Waals surface area contributed by atoms with Crippen LogP contribution in [0.3, 0.4) is 0 Å². The summed E-state index contributed by atoms with van der Waals surface area (Å²) in [6, 6.07) is 4.39. The fourth-order valence-corrected chi connectivity index (χ4v) is 2.57. The van der Waals surface area contributed by atoms with Gasteiger partial charge in [-0.05, 0) is 25.0 Å². The van der Waals surface area contributed by atoms with E-state index in [0.29, 0.717) is 12.1 Å². The number of aryl methyl sites for hydroxylation is 1. The molecule has 5 nitrogen and oxygen atoms in total. The summed E-state index contributed by atoms with van der Waals surface area (Å²) in [5, 5.41) is 0. The summed E-state index contributed by atoms with van der Waals surface area (Å²) >= 11 is 0. The van der Waals surface area contributed by atoms with Crippen molar-refractivity contribution in [1.82, 2.24) is 4.90 Å². The van der Waals surface area contributed by atoms with Gasteiger partial charge in [0.2, 0.25) is 0 Å². The normalized spacial score (nSPS) is 11.4. The molecule has 6 heteroatoms. The topological polar surface area (TPSA) is 74.7 Å². The predicted molar refractivity (Wildman–Crippen MR) is 72.9 cm³/mol. The second-order valence-electron chi connectivity index (χ2n) is 4.50. The maximum Gasteiger partial charge on any atom is 0.295 e. The molecule has 19 heavy (non-hydrogen) atoms. The lowest BCUT2D eigenvalue weighted by atomic mass is 10.1. The quantitative estimate of drug-likeness (QED) is 0.841. The van der Waals surface area contributed by atoms with E-state index in [-0.39, 0.29) is 16.4 Å². The Morgan fingerprint density at radius 2 is 2.00 bits per heavy atom. The van der Waals surface area contributed by atoms with Gasteiger partial charge in [0, 0.05) is 13.6 Å². The van der Waals surface area contributed by atoms with Crippen molar-refractivity contribution in [1.29, 1.82) is 0 Å². The van der Waals surface area contributed by atoms with Gasteiger partial charge in [-0.25, -0.2) is 0 Å². The van der Waals surface area contributed by atoms with Crippen molar-refractivity contribution >= 4 is 16.0 Å². The number of unbranched alkanes of at least 4 members (excludes halogenated alkanes) is 1. The summed E-state index contributed by atoms with van der Waals surface area (Å²) in [4.78, 5) is 13.4. The van der Waals surface area contributed by atoms with Crippen LogP contribution in [0.5, 0.6) is 0 Å². The standard InChI is InChI=1S/C13H19NO4S/c1-4-5-9-14(3)13(15)12-10(2)7-6-8-11(12)19(16,17)18/h6-8H,4-5,9H2,1-3H3,(H,16,17,18). The van der Waals surface area contributed by atoms with Crippen LogP contribution in [0.25, 0.3) is 0 Å². The number of carbonyl (C=O) groups excluding carboxylic acids is 1. The number of benzene rings is 1. The molecule has 0 atom stereocenters. The molecule has 0 saturated heterocycles. The van der Waals surface area contributed by atoms with Gasteiger partial charge in [-0.3, -0.25) is 9.35 Å². The van der Waals surface area contributed by atoms with Gasteiger partial charge in [-0.2, -0.15) is 8.42 Å². The minimum absolute atomic E-state index is 0.0450. The lowest BCUT2D eigenvalue weighted by Crippen LogP contribution is -2.29. The molecule has 1 aromatic carbocycles. The molecular weight excluding hydrogens is 266 g/mol. The predicted octanol–water partition coefficient (Wildman–Crippen LogP) is 2.11. The van der Waals surface area contributed by atoms with Gasteiger partial charge in [0.1, 0.15) is 4.90 Å². The molecule has 0 aromatic heterocycles. The van der Waals surface area contributed by atoms with Gasteiger partial charge in [-0.1, -0.05) is 25.5 Å². The maximum absolute atomic E-state index is 12.3. The molecule has 0 spiro atoms. The molecule has 0 aliphatic heterocycles. The van der Waals surface area contributed by atoms with Crippen molar-refractivity contribution < 1.29 is 17.8 Å². The molecular formula is C13H19NO4S. The first-order valence-corrected chi connectivity index (χ1v) is 7.55. The van der Waals surface area contributed by atoms with Crippen LogP contribution in [0.1, 0.15) is 35.7 Å². The van der Waals surface area contributed by atoms with Crippen LogP contribution in [0.4, 0.5) is 0 Å². The maximum atomic E-state index is 12.3. The molecule has 1 N–H and O–H groups in total. The van der Waals surface area contributed by atoms with Crippen LogP contribution >= 0.6 is 0 Å². The number of hydrogen-bond acceptors (Lipinski definition) is 3. The van der Waals surface area contributed by atoms with Crippen LogP contribution in [0.15, 0.2) is 23.1 Å². The minimum Gasteiger partial charge on any atom is -0.342 e. The summed E-state index contributed by atoms with van der Waals surface area (Å²) in [5.74, 6) is -0.390. The Hall–Kier alpha value is -1.40. The molecule has 1 amide bonds. The largest absolute Gasteiger partial charge is 0.342 e. The van der Waals surface area contributed by atoms with Gasteiger partial charge >= 0.3 is 0 Å². The average Bonchev–Trinajstić information content (AvgIpc) is 2.33. The lowest BCUT2D eigenvalue weighted by Gasteiger charge is -2.19. The molecule has 0 saturated carbocycles. The van der Waals surface area contributed by atoms with Crippen molar-refractivity contribution in [3.05, 3.63) is 29.3 Å². The molecule has 0 heterocycles. The fourth-order valence-electron chi connectivity index (χ4n) is 1.82. The first kappa shape index (κ1) is 15.7. The Balaban J connectivity index is 3.23. The third-order valence-corrected chi connectivity index (χ3v) is 3.82. The highest BCUT2D eigenvalue weighted by atomic mass is 32.2. The second kappa shape index (κ2) is 6.16. The summed E-state index contributed by atoms with van der Waals surface area (Å²) in [6.07, 6.45) is 1.78. The molecule has 0 unspecified atom stereocenters. The highest BCUT2D eigenvalue weighted by molar-refractivity contribution is 7.86. The van der Waals surface area contributed by atoms with Gasteiger partial charge in [0.05, 0.1) is 5.56 Å². The van der Waals surface area contributed by atoms with Crippen LogP contribution in [0.2, 0.25) is 0 Å². The van der Waals surface area contributed by atoms with Crippen LogP contribution < -0.4 is 0 Å². The monoisotopic (exact) mass is 285 g/mol. The zero-order valence-electron chi connectivity index (χ0n) is 11.4. The first-order valence-electron chi connectivity index (χ1n) is 6.11. The zero-order chi connectivity index (χ0) is 14.6. The molecule has 0 radical (unpaired) electrons. The molecule has 106 valence electrons. The number of nitrogens with zero attached hydrogens (tertiary/aromatic N) is 1. The van der Waals surface area contributed by atoms with Crippen LogP contribution in [0, 0.1) is 6.92 Å². The van der Waals surface area contributed by atoms with E-state index >= 15 is 0 Å². The van der Waals surface area contributed by atoms with Crippen molar-refractivity contribution in [3.63, 3.8) is 0 Å². The van der Waals surface area contributed by atoms with Crippen LogP contribution in [-0.4, -0.2) is 37.4 Å². The molecule has 0 fully saturated rings. The second-order valence-corrected chi connectivity index (χ2v) is 5.89. The summed E-state index contributed by atoms with van der Waals surface area (Å²) < 4.78 is 31.9. The van der Waals surface area contributed by atoms with Crippen molar-refractivity contribution in [2.45, 2.75) is 31.6 Å². The van der Waals surface area contributed by atoms with Crippen molar-refractivity contribution in [2.24, 2.45) is 0 Å². The lowest BCUT2D eigenvalue weighted by molar-refractivity contribution is 0.0788. The summed E-state index contributed by atoms with van der Waals surface area (Å²) in [7, 11) is -2.78. The first-order chi connectivity index (χ1) is 8.79. The smallest absolute Gasteiger partial charge is 0.295 e. The molecule has 1 aromatic rings. The van der Waals surface area contributed by atoms with Crippen LogP contribution in [-0.2, 0) is 10.1 Å². The molecule has 0 bridgehead atoms. The van der Waals surface area contributed by atoms with E-state index in [0.717, 1.165) is 12.8 Å². The zero-order valence-corrected chi connectivity index (χ0v) is 12.2. The Morgan fingerprint density at radius 1 is 1.37 bits per heavy atom. The highest BCUT2D eigenvalue weighted by Crippen LogP contribution is 2.21. The van der Waals surface area contributed by atoms with E-state index < -0.39 is 10.1 Å². The average molecular weight is 285 g/mol. The van der Waals surface area contributed by atoms with E-state index in [4.69, 9.17) is 0 Å². The fraction of sp³-hybridized carbons (Fsp3) is 0.462. The van der Waals surface area contributed by atoms with Crippen molar-refractivity contribution in [3.8, 4) is 0 Å². The SMILES string of the molecule is CCCCN(C)C(=O)c1c(C)cccc1S(=O)(=O)O. The van der Waals surface area contributed by atoms with E-state index in [1.807, 2.05) is 6.92 Å². The Kier molecular flexibility index (Phi) is 5.08. The number of rotatable bonds is 5. The minimum atomic E-state index is -4.40. The van der Waals surface area contributed by atoms with E-state index in [2.05, 4.69) is 0 Å². The number of hydrogen-bond donors (Lipinski definition) is 1. The third-order valence-electron chi connectivity index (χ3n) is 2.92. The van der Waals surface area contributed by atoms with Gasteiger partial charge < -0.3 is 4.90 Å². The summed E-state index contributed by atoms with van der Waals surface area (Å²) in [6.45, 7) is 4.21. The Morgan fingerprint density at radius 3 is 2.53 bits per heavy atom. The third kappa shape index (κ3) is 3.78. The van der Waals surface area contributed by atoms with E-state index in [1.54, 1.807) is 20.0 Å². The Bertz CT molecular complexity index is 566. The van der Waals surface area contributed by atoms with Gasteiger partial charge in [-0.15, -0.1) is 0 Å². The molecule has 1 rings (SSSR count).